The number of nitrogens with zero attached hydrogens (tertiary/aromatic N) is 2. The second-order valence-corrected chi connectivity index (χ2v) is 7.60. The Labute approximate surface area is 172 Å². The van der Waals surface area contributed by atoms with Crippen LogP contribution in [0.1, 0.15) is 30.4 Å². The molecule has 1 atom stereocenters. The van der Waals surface area contributed by atoms with Gasteiger partial charge in [0.15, 0.2) is 0 Å². The highest BCUT2D eigenvalue weighted by molar-refractivity contribution is 5.86. The molecule has 1 amide bonds. The number of likely N-dealkylation sites (N-methyl/N-ethyl adjacent to an activating group) is 1. The maximum absolute atomic E-state index is 13.3. The molecule has 0 radical (unpaired) electrons. The molecule has 1 aliphatic heterocycles. The van der Waals surface area contributed by atoms with Crippen LogP contribution in [0.25, 0.3) is 10.9 Å². The van der Waals surface area contributed by atoms with Crippen molar-refractivity contribution in [1.29, 1.82) is 0 Å². The summed E-state index contributed by atoms with van der Waals surface area (Å²) in [4.78, 5) is 21.0. The van der Waals surface area contributed by atoms with Gasteiger partial charge in [-0.2, -0.15) is 0 Å². The molecule has 1 saturated heterocycles. The van der Waals surface area contributed by atoms with Crippen LogP contribution >= 0.6 is 0 Å². The lowest BCUT2D eigenvalue weighted by atomic mass is 9.87. The third kappa shape index (κ3) is 4.01. The average Bonchev–Trinajstić information content (AvgIpc) is 3.21. The van der Waals surface area contributed by atoms with Crippen molar-refractivity contribution in [3.05, 3.63) is 65.9 Å². The van der Waals surface area contributed by atoms with Gasteiger partial charge in [0.05, 0.1) is 7.11 Å². The highest BCUT2D eigenvalue weighted by atomic mass is 16.5. The fourth-order valence-corrected chi connectivity index (χ4v) is 4.34. The monoisotopic (exact) mass is 391 g/mol. The first-order valence-corrected chi connectivity index (χ1v) is 10.4. The maximum atomic E-state index is 13.3. The number of H-pyrrole nitrogens is 1. The van der Waals surface area contributed by atoms with Crippen LogP contribution in [0, 0.1) is 0 Å². The van der Waals surface area contributed by atoms with Gasteiger partial charge in [0.25, 0.3) is 0 Å². The third-order valence-electron chi connectivity index (χ3n) is 6.06. The van der Waals surface area contributed by atoms with Gasteiger partial charge in [-0.1, -0.05) is 43.3 Å². The Morgan fingerprint density at radius 3 is 2.52 bits per heavy atom. The lowest BCUT2D eigenvalue weighted by Crippen LogP contribution is -2.48. The van der Waals surface area contributed by atoms with E-state index in [2.05, 4.69) is 35.0 Å². The summed E-state index contributed by atoms with van der Waals surface area (Å²) in [5.41, 5.74) is 3.29. The van der Waals surface area contributed by atoms with E-state index >= 15 is 0 Å². The van der Waals surface area contributed by atoms with Crippen LogP contribution in [-0.2, 0) is 4.79 Å². The van der Waals surface area contributed by atoms with Crippen LogP contribution in [0.4, 0.5) is 0 Å². The molecule has 3 aromatic rings. The molecule has 0 aliphatic carbocycles. The topological polar surface area (TPSA) is 48.6 Å². The molecule has 5 heteroatoms. The van der Waals surface area contributed by atoms with Crippen molar-refractivity contribution in [3.63, 3.8) is 0 Å². The normalized spacial score (nSPS) is 16.1. The van der Waals surface area contributed by atoms with E-state index in [1.54, 1.807) is 7.11 Å². The molecule has 1 aromatic heterocycles. The second kappa shape index (κ2) is 8.70. The van der Waals surface area contributed by atoms with Crippen molar-refractivity contribution < 1.29 is 9.53 Å². The zero-order valence-electron chi connectivity index (χ0n) is 17.2. The van der Waals surface area contributed by atoms with Crippen molar-refractivity contribution in [3.8, 4) is 5.75 Å². The minimum atomic E-state index is -0.0565. The number of hydrogen-bond acceptors (Lipinski definition) is 3. The van der Waals surface area contributed by atoms with Crippen LogP contribution in [0.5, 0.6) is 5.75 Å². The summed E-state index contributed by atoms with van der Waals surface area (Å²) >= 11 is 0. The first-order valence-electron chi connectivity index (χ1n) is 10.4. The number of para-hydroxylation sites is 2. The van der Waals surface area contributed by atoms with Gasteiger partial charge in [0.2, 0.25) is 5.91 Å². The van der Waals surface area contributed by atoms with Crippen molar-refractivity contribution >= 4 is 16.8 Å². The summed E-state index contributed by atoms with van der Waals surface area (Å²) < 4.78 is 5.65. The molecule has 1 fully saturated rings. The van der Waals surface area contributed by atoms with E-state index in [0.717, 1.165) is 60.5 Å². The van der Waals surface area contributed by atoms with Crippen LogP contribution in [-0.4, -0.2) is 60.5 Å². The first kappa shape index (κ1) is 19.5. The number of aromatic nitrogens is 1. The molecule has 29 heavy (non-hydrogen) atoms. The molecule has 0 unspecified atom stereocenters. The van der Waals surface area contributed by atoms with E-state index < -0.39 is 0 Å². The highest BCUT2D eigenvalue weighted by Gasteiger charge is 2.28. The molecular formula is C24H29N3O2. The van der Waals surface area contributed by atoms with E-state index in [4.69, 9.17) is 4.74 Å². The highest BCUT2D eigenvalue weighted by Crippen LogP contribution is 2.38. The van der Waals surface area contributed by atoms with E-state index in [1.165, 1.54) is 0 Å². The molecule has 5 nitrogen and oxygen atoms in total. The Hall–Kier alpha value is -2.79. The number of benzene rings is 2. The number of rotatable bonds is 6. The van der Waals surface area contributed by atoms with Crippen molar-refractivity contribution in [2.24, 2.45) is 0 Å². The lowest BCUT2D eigenvalue weighted by molar-refractivity contribution is -0.133. The number of ether oxygens (including phenoxy) is 1. The minimum Gasteiger partial charge on any atom is -0.496 e. The number of carbonyl (C=O) groups is 1. The van der Waals surface area contributed by atoms with Crippen molar-refractivity contribution in [2.75, 3.05) is 39.8 Å². The second-order valence-electron chi connectivity index (χ2n) is 7.60. The predicted molar refractivity (Wildman–Crippen MR) is 116 cm³/mol. The predicted octanol–water partition coefficient (Wildman–Crippen LogP) is 3.86. The summed E-state index contributed by atoms with van der Waals surface area (Å²) in [6, 6.07) is 16.3. The van der Waals surface area contributed by atoms with Gasteiger partial charge >= 0.3 is 0 Å². The van der Waals surface area contributed by atoms with Crippen LogP contribution in [0.2, 0.25) is 0 Å². The van der Waals surface area contributed by atoms with Gasteiger partial charge in [-0.25, -0.2) is 0 Å². The van der Waals surface area contributed by atoms with Gasteiger partial charge in [-0.05, 0) is 24.2 Å². The SMILES string of the molecule is CCN1CCN(C(=O)C[C@H](c2ccccc2OC)c2c[nH]c3ccccc23)CC1. The molecule has 0 saturated carbocycles. The Morgan fingerprint density at radius 1 is 1.03 bits per heavy atom. The van der Waals surface area contributed by atoms with Gasteiger partial charge in [0, 0.05) is 61.2 Å². The summed E-state index contributed by atoms with van der Waals surface area (Å²) in [6.45, 7) is 6.73. The van der Waals surface area contributed by atoms with Gasteiger partial charge in [0.1, 0.15) is 5.75 Å². The van der Waals surface area contributed by atoms with E-state index in [9.17, 15) is 4.79 Å². The molecule has 2 aromatic carbocycles. The Bertz CT molecular complexity index is 973. The number of methoxy groups -OCH3 is 1. The summed E-state index contributed by atoms with van der Waals surface area (Å²) in [7, 11) is 1.69. The summed E-state index contributed by atoms with van der Waals surface area (Å²) in [5.74, 6) is 0.979. The largest absolute Gasteiger partial charge is 0.496 e. The van der Waals surface area contributed by atoms with Gasteiger partial charge in [-0.3, -0.25) is 4.79 Å². The maximum Gasteiger partial charge on any atom is 0.223 e. The standard InChI is InChI=1S/C24H29N3O2/c1-3-26-12-14-27(15-13-26)24(28)16-20(19-9-5-7-11-23(19)29-2)21-17-25-22-10-6-4-8-18(21)22/h4-11,17,20,25H,3,12-16H2,1-2H3/t20-/m1/s1. The molecule has 152 valence electrons. The molecule has 0 bridgehead atoms. The van der Waals surface area contributed by atoms with Crippen LogP contribution in [0.15, 0.2) is 54.7 Å². The average molecular weight is 392 g/mol. The minimum absolute atomic E-state index is 0.0565. The number of piperazine rings is 1. The fourth-order valence-electron chi connectivity index (χ4n) is 4.34. The summed E-state index contributed by atoms with van der Waals surface area (Å²) in [6.07, 6.45) is 2.48. The zero-order valence-corrected chi connectivity index (χ0v) is 17.2. The number of carbonyl (C=O) groups excluding carboxylic acids is 1. The van der Waals surface area contributed by atoms with Crippen LogP contribution in [0.3, 0.4) is 0 Å². The third-order valence-corrected chi connectivity index (χ3v) is 6.06. The molecule has 1 aliphatic rings. The number of amides is 1. The Balaban J connectivity index is 1.67. The smallest absolute Gasteiger partial charge is 0.223 e. The Kier molecular flexibility index (Phi) is 5.86. The number of aromatic amines is 1. The van der Waals surface area contributed by atoms with Gasteiger partial charge in [-0.15, -0.1) is 0 Å². The number of nitrogens with one attached hydrogen (secondary N) is 1. The molecule has 2 heterocycles. The fraction of sp³-hybridized carbons (Fsp3) is 0.375. The van der Waals surface area contributed by atoms with Gasteiger partial charge < -0.3 is 19.5 Å². The summed E-state index contributed by atoms with van der Waals surface area (Å²) in [5, 5.41) is 1.16. The Morgan fingerprint density at radius 2 is 1.76 bits per heavy atom. The number of fused-ring (bicyclic) bond motifs is 1. The van der Waals surface area contributed by atoms with E-state index in [1.807, 2.05) is 41.4 Å². The lowest BCUT2D eigenvalue weighted by Gasteiger charge is -2.35. The first-order chi connectivity index (χ1) is 14.2. The van der Waals surface area contributed by atoms with E-state index in [0.29, 0.717) is 6.42 Å². The van der Waals surface area contributed by atoms with Crippen molar-refractivity contribution in [1.82, 2.24) is 14.8 Å². The zero-order chi connectivity index (χ0) is 20.2. The number of hydrogen-bond donors (Lipinski definition) is 1. The molecular weight excluding hydrogens is 362 g/mol. The van der Waals surface area contributed by atoms with E-state index in [-0.39, 0.29) is 11.8 Å². The molecule has 0 spiro atoms. The molecule has 4 rings (SSSR count). The van der Waals surface area contributed by atoms with Crippen LogP contribution < -0.4 is 4.74 Å². The molecule has 1 N–H and O–H groups in total. The van der Waals surface area contributed by atoms with Crippen molar-refractivity contribution in [2.45, 2.75) is 19.3 Å². The quantitative estimate of drug-likeness (QED) is 0.694.